The van der Waals surface area contributed by atoms with Crippen molar-refractivity contribution in [2.45, 2.75) is 6.04 Å². The van der Waals surface area contributed by atoms with E-state index in [-0.39, 0.29) is 6.61 Å². The lowest BCUT2D eigenvalue weighted by molar-refractivity contribution is 0.264. The van der Waals surface area contributed by atoms with E-state index in [2.05, 4.69) is 15.9 Å². The summed E-state index contributed by atoms with van der Waals surface area (Å²) in [5, 5.41) is 9.50. The Balaban J connectivity index is 3.24. The molecular formula is C9H11BrClNO2. The van der Waals surface area contributed by atoms with Crippen LogP contribution < -0.4 is 10.5 Å². The van der Waals surface area contributed by atoms with Crippen LogP contribution in [0, 0.1) is 0 Å². The average molecular weight is 281 g/mol. The largest absolute Gasteiger partial charge is 0.495 e. The lowest BCUT2D eigenvalue weighted by Gasteiger charge is -2.15. The minimum atomic E-state index is -0.486. The summed E-state index contributed by atoms with van der Waals surface area (Å²) in [5.74, 6) is 0.607. The maximum Gasteiger partial charge on any atom is 0.137 e. The summed E-state index contributed by atoms with van der Waals surface area (Å²) < 4.78 is 5.89. The Labute approximate surface area is 95.9 Å². The van der Waals surface area contributed by atoms with Crippen LogP contribution in [-0.4, -0.2) is 18.8 Å². The van der Waals surface area contributed by atoms with E-state index in [4.69, 9.17) is 27.2 Å². The van der Waals surface area contributed by atoms with Gasteiger partial charge < -0.3 is 15.6 Å². The normalized spacial score (nSPS) is 12.6. The molecule has 1 unspecified atom stereocenters. The predicted octanol–water partition coefficient (Wildman–Crippen LogP) is 2.10. The Kier molecular flexibility index (Phi) is 4.19. The van der Waals surface area contributed by atoms with Crippen LogP contribution in [0.4, 0.5) is 0 Å². The van der Waals surface area contributed by atoms with Gasteiger partial charge in [-0.3, -0.25) is 0 Å². The maximum atomic E-state index is 8.95. The number of hydrogen-bond acceptors (Lipinski definition) is 3. The number of methoxy groups -OCH3 is 1. The van der Waals surface area contributed by atoms with E-state index in [1.165, 1.54) is 0 Å². The first-order valence-corrected chi connectivity index (χ1v) is 5.16. The zero-order chi connectivity index (χ0) is 10.7. The van der Waals surface area contributed by atoms with Crippen molar-refractivity contribution in [3.63, 3.8) is 0 Å². The van der Waals surface area contributed by atoms with Crippen LogP contribution in [0.3, 0.4) is 0 Å². The third-order valence-corrected chi connectivity index (χ3v) is 2.64. The van der Waals surface area contributed by atoms with Gasteiger partial charge in [-0.15, -0.1) is 0 Å². The Bertz CT molecular complexity index is 333. The molecule has 14 heavy (non-hydrogen) atoms. The SMILES string of the molecule is COc1c(Br)cc(Cl)cc1C(N)CO. The molecule has 0 aliphatic rings. The maximum absolute atomic E-state index is 8.95. The van der Waals surface area contributed by atoms with Crippen LogP contribution in [-0.2, 0) is 0 Å². The summed E-state index contributed by atoms with van der Waals surface area (Å²) in [5.41, 5.74) is 6.39. The molecule has 0 fully saturated rings. The monoisotopic (exact) mass is 279 g/mol. The molecule has 1 rings (SSSR count). The minimum absolute atomic E-state index is 0.150. The molecule has 0 spiro atoms. The summed E-state index contributed by atoms with van der Waals surface area (Å²) in [6.45, 7) is -0.150. The molecule has 3 nitrogen and oxygen atoms in total. The van der Waals surface area contributed by atoms with Gasteiger partial charge in [0.1, 0.15) is 5.75 Å². The van der Waals surface area contributed by atoms with Gasteiger partial charge in [0.2, 0.25) is 0 Å². The third-order valence-electron chi connectivity index (χ3n) is 1.84. The van der Waals surface area contributed by atoms with Gasteiger partial charge in [-0.05, 0) is 28.1 Å². The smallest absolute Gasteiger partial charge is 0.137 e. The van der Waals surface area contributed by atoms with Gasteiger partial charge >= 0.3 is 0 Å². The summed E-state index contributed by atoms with van der Waals surface area (Å²) in [6, 6.07) is 2.92. The Morgan fingerprint density at radius 2 is 2.29 bits per heavy atom. The van der Waals surface area contributed by atoms with Crippen molar-refractivity contribution >= 4 is 27.5 Å². The molecule has 0 aliphatic carbocycles. The second kappa shape index (κ2) is 4.98. The first-order chi connectivity index (χ1) is 6.60. The molecule has 1 aromatic rings. The second-order valence-corrected chi connectivity index (χ2v) is 4.09. The lowest BCUT2D eigenvalue weighted by atomic mass is 10.1. The van der Waals surface area contributed by atoms with Gasteiger partial charge in [-0.25, -0.2) is 0 Å². The van der Waals surface area contributed by atoms with Gasteiger partial charge in [-0.1, -0.05) is 11.6 Å². The van der Waals surface area contributed by atoms with Crippen molar-refractivity contribution < 1.29 is 9.84 Å². The molecule has 0 aliphatic heterocycles. The van der Waals surface area contributed by atoms with Gasteiger partial charge in [0.05, 0.1) is 24.2 Å². The number of ether oxygens (including phenoxy) is 1. The number of halogens is 2. The molecule has 0 radical (unpaired) electrons. The first-order valence-electron chi connectivity index (χ1n) is 3.99. The lowest BCUT2D eigenvalue weighted by Crippen LogP contribution is -2.15. The van der Waals surface area contributed by atoms with Gasteiger partial charge in [0.25, 0.3) is 0 Å². The molecule has 1 atom stereocenters. The topological polar surface area (TPSA) is 55.5 Å². The zero-order valence-electron chi connectivity index (χ0n) is 7.63. The fourth-order valence-electron chi connectivity index (χ4n) is 1.17. The molecule has 0 amide bonds. The van der Waals surface area contributed by atoms with Crippen molar-refractivity contribution in [2.75, 3.05) is 13.7 Å². The molecule has 3 N–H and O–H groups in total. The van der Waals surface area contributed by atoms with Crippen molar-refractivity contribution in [1.29, 1.82) is 0 Å². The zero-order valence-corrected chi connectivity index (χ0v) is 9.97. The number of aliphatic hydroxyl groups excluding tert-OH is 1. The number of aliphatic hydroxyl groups is 1. The molecule has 1 aromatic carbocycles. The Morgan fingerprint density at radius 3 is 2.79 bits per heavy atom. The first kappa shape index (κ1) is 11.8. The van der Waals surface area contributed by atoms with E-state index < -0.39 is 6.04 Å². The summed E-state index contributed by atoms with van der Waals surface area (Å²) in [4.78, 5) is 0. The Hall–Kier alpha value is -0.290. The highest BCUT2D eigenvalue weighted by molar-refractivity contribution is 9.10. The summed E-state index contributed by atoms with van der Waals surface area (Å²) >= 11 is 9.17. The number of hydrogen-bond donors (Lipinski definition) is 2. The average Bonchev–Trinajstić information content (AvgIpc) is 2.15. The molecule has 0 saturated carbocycles. The minimum Gasteiger partial charge on any atom is -0.495 e. The third kappa shape index (κ3) is 2.39. The number of rotatable bonds is 3. The van der Waals surface area contributed by atoms with Crippen LogP contribution in [0.5, 0.6) is 5.75 Å². The number of benzene rings is 1. The van der Waals surface area contributed by atoms with E-state index in [9.17, 15) is 0 Å². The highest BCUT2D eigenvalue weighted by Crippen LogP contribution is 2.35. The fourth-order valence-corrected chi connectivity index (χ4v) is 2.17. The predicted molar refractivity (Wildman–Crippen MR) is 59.7 cm³/mol. The van der Waals surface area contributed by atoms with Crippen molar-refractivity contribution in [3.05, 3.63) is 27.2 Å². The van der Waals surface area contributed by atoms with E-state index in [1.54, 1.807) is 19.2 Å². The molecule has 0 bridgehead atoms. The highest BCUT2D eigenvalue weighted by Gasteiger charge is 2.14. The summed E-state index contributed by atoms with van der Waals surface area (Å²) in [7, 11) is 1.54. The van der Waals surface area contributed by atoms with Crippen molar-refractivity contribution in [2.24, 2.45) is 5.73 Å². The van der Waals surface area contributed by atoms with Crippen molar-refractivity contribution in [3.8, 4) is 5.75 Å². The summed E-state index contributed by atoms with van der Waals surface area (Å²) in [6.07, 6.45) is 0. The molecule has 0 heterocycles. The van der Waals surface area contributed by atoms with Gasteiger partial charge in [-0.2, -0.15) is 0 Å². The number of nitrogens with two attached hydrogens (primary N) is 1. The van der Waals surface area contributed by atoms with E-state index >= 15 is 0 Å². The highest BCUT2D eigenvalue weighted by atomic mass is 79.9. The van der Waals surface area contributed by atoms with Gasteiger partial charge in [0.15, 0.2) is 0 Å². The quantitative estimate of drug-likeness (QED) is 0.891. The molecular weight excluding hydrogens is 269 g/mol. The van der Waals surface area contributed by atoms with Crippen LogP contribution in [0.25, 0.3) is 0 Å². The van der Waals surface area contributed by atoms with E-state index in [0.717, 1.165) is 4.47 Å². The fraction of sp³-hybridized carbons (Fsp3) is 0.333. The van der Waals surface area contributed by atoms with Crippen LogP contribution in [0.1, 0.15) is 11.6 Å². The van der Waals surface area contributed by atoms with E-state index in [0.29, 0.717) is 16.3 Å². The van der Waals surface area contributed by atoms with Crippen LogP contribution in [0.2, 0.25) is 5.02 Å². The standard InChI is InChI=1S/C9H11BrClNO2/c1-14-9-6(8(12)4-13)2-5(11)3-7(9)10/h2-3,8,13H,4,12H2,1H3. The van der Waals surface area contributed by atoms with Crippen LogP contribution >= 0.6 is 27.5 Å². The van der Waals surface area contributed by atoms with Crippen LogP contribution in [0.15, 0.2) is 16.6 Å². The Morgan fingerprint density at radius 1 is 1.64 bits per heavy atom. The van der Waals surface area contributed by atoms with E-state index in [1.807, 2.05) is 0 Å². The van der Waals surface area contributed by atoms with Crippen molar-refractivity contribution in [1.82, 2.24) is 0 Å². The molecule has 0 aromatic heterocycles. The second-order valence-electron chi connectivity index (χ2n) is 2.80. The molecule has 0 saturated heterocycles. The molecule has 5 heteroatoms. The molecule has 78 valence electrons. The van der Waals surface area contributed by atoms with Gasteiger partial charge in [0, 0.05) is 10.6 Å².